The molecule has 3 aliphatic carbocycles. The summed E-state index contributed by atoms with van der Waals surface area (Å²) < 4.78 is 65.8. The molecule has 2 saturated carbocycles. The number of hydrogen-bond donors (Lipinski definition) is 0. The van der Waals surface area contributed by atoms with E-state index in [1.54, 1.807) is 0 Å². The average molecular weight is 458 g/mol. The normalized spacial score (nSPS) is 31.5. The molecule has 0 aromatic heterocycles. The molecule has 0 amide bonds. The van der Waals surface area contributed by atoms with E-state index in [9.17, 15) is 26.4 Å². The van der Waals surface area contributed by atoms with E-state index in [0.29, 0.717) is 17.0 Å². The van der Waals surface area contributed by atoms with Crippen LogP contribution < -0.4 is 4.18 Å². The Hall–Kier alpha value is -1.61. The molecular weight excluding hydrogens is 431 g/mol. The number of rotatable bonds is 4. The van der Waals surface area contributed by atoms with Gasteiger partial charge in [0.05, 0.1) is 6.04 Å². The lowest BCUT2D eigenvalue weighted by Gasteiger charge is -2.58. The Kier molecular flexibility index (Phi) is 4.93. The van der Waals surface area contributed by atoms with Crippen molar-refractivity contribution >= 4 is 15.9 Å². The van der Waals surface area contributed by atoms with E-state index in [4.69, 9.17) is 0 Å². The first kappa shape index (κ1) is 21.2. The van der Waals surface area contributed by atoms with E-state index in [-0.39, 0.29) is 28.9 Å². The Morgan fingerprint density at radius 1 is 1.10 bits per heavy atom. The van der Waals surface area contributed by atoms with Crippen LogP contribution in [0.25, 0.3) is 0 Å². The smallest absolute Gasteiger partial charge is 0.376 e. The van der Waals surface area contributed by atoms with Crippen LogP contribution in [0.15, 0.2) is 18.2 Å². The molecule has 3 fully saturated rings. The van der Waals surface area contributed by atoms with Crippen LogP contribution in [0.1, 0.15) is 67.3 Å². The molecule has 2 bridgehead atoms. The Bertz CT molecular complexity index is 1000. The van der Waals surface area contributed by atoms with Gasteiger partial charge in [-0.3, -0.25) is 9.69 Å². The highest BCUT2D eigenvalue weighted by Gasteiger charge is 2.57. The lowest BCUT2D eigenvalue weighted by molar-refractivity contribution is -0.0500. The fourth-order valence-electron chi connectivity index (χ4n) is 6.34. The summed E-state index contributed by atoms with van der Waals surface area (Å²) in [6, 6.07) is 3.83. The highest BCUT2D eigenvalue weighted by atomic mass is 32.2. The van der Waals surface area contributed by atoms with Crippen molar-refractivity contribution in [2.75, 3.05) is 13.1 Å². The molecule has 0 N–H and O–H groups in total. The summed E-state index contributed by atoms with van der Waals surface area (Å²) in [6.07, 6.45) is 8.28. The number of Topliss-reactive ketones (excluding diaryl/α,β-unsaturated/α-hetero) is 1. The Labute approximate surface area is 180 Å². The van der Waals surface area contributed by atoms with Crippen LogP contribution in [0.5, 0.6) is 5.75 Å². The number of hydrogen-bond acceptors (Lipinski definition) is 5. The summed E-state index contributed by atoms with van der Waals surface area (Å²) in [6.45, 7) is 1.72. The van der Waals surface area contributed by atoms with Gasteiger partial charge < -0.3 is 4.18 Å². The van der Waals surface area contributed by atoms with Crippen LogP contribution in [-0.4, -0.2) is 43.7 Å². The molecule has 170 valence electrons. The summed E-state index contributed by atoms with van der Waals surface area (Å²) in [7, 11) is -5.76. The molecule has 1 aromatic rings. The first-order chi connectivity index (χ1) is 14.6. The van der Waals surface area contributed by atoms with Gasteiger partial charge in [0.15, 0.2) is 5.78 Å². The summed E-state index contributed by atoms with van der Waals surface area (Å²) in [5.74, 6) is 0.401. The lowest BCUT2D eigenvalue weighted by Crippen LogP contribution is -2.64. The lowest BCUT2D eigenvalue weighted by atomic mass is 9.52. The molecule has 0 unspecified atom stereocenters. The van der Waals surface area contributed by atoms with E-state index in [0.717, 1.165) is 45.2 Å². The average Bonchev–Trinajstić information content (AvgIpc) is 2.68. The maximum Gasteiger partial charge on any atom is 0.534 e. The second kappa shape index (κ2) is 7.20. The summed E-state index contributed by atoms with van der Waals surface area (Å²) in [4.78, 5) is 15.9. The molecule has 3 atom stereocenters. The van der Waals surface area contributed by atoms with Crippen LogP contribution in [0, 0.1) is 11.8 Å². The van der Waals surface area contributed by atoms with Crippen molar-refractivity contribution in [3.8, 4) is 5.75 Å². The number of halogens is 3. The van der Waals surface area contributed by atoms with E-state index in [2.05, 4.69) is 9.08 Å². The highest BCUT2D eigenvalue weighted by molar-refractivity contribution is 7.88. The van der Waals surface area contributed by atoms with Crippen molar-refractivity contribution in [3.63, 3.8) is 0 Å². The third kappa shape index (κ3) is 3.30. The minimum Gasteiger partial charge on any atom is -0.376 e. The number of piperidine rings is 1. The third-order valence-electron chi connectivity index (χ3n) is 7.99. The van der Waals surface area contributed by atoms with Gasteiger partial charge in [0, 0.05) is 17.5 Å². The number of nitrogens with zero attached hydrogens (tertiary/aromatic N) is 1. The fraction of sp³-hybridized carbons (Fsp3) is 0.682. The summed E-state index contributed by atoms with van der Waals surface area (Å²) in [5.41, 5.74) is -4.61. The molecule has 1 heterocycles. The second-order valence-electron chi connectivity index (χ2n) is 9.55. The highest BCUT2D eigenvalue weighted by Crippen LogP contribution is 2.56. The van der Waals surface area contributed by atoms with E-state index < -0.39 is 15.6 Å². The fourth-order valence-corrected chi connectivity index (χ4v) is 6.79. The second-order valence-corrected chi connectivity index (χ2v) is 11.1. The molecule has 1 saturated heterocycles. The minimum absolute atomic E-state index is 0.0155. The summed E-state index contributed by atoms with van der Waals surface area (Å²) in [5, 5.41) is 0. The predicted molar refractivity (Wildman–Crippen MR) is 107 cm³/mol. The zero-order chi connectivity index (χ0) is 22.0. The molecule has 0 spiro atoms. The van der Waals surface area contributed by atoms with Gasteiger partial charge in [-0.2, -0.15) is 21.6 Å². The van der Waals surface area contributed by atoms with Crippen LogP contribution in [0.4, 0.5) is 13.2 Å². The van der Waals surface area contributed by atoms with Crippen molar-refractivity contribution in [1.82, 2.24) is 4.90 Å². The quantitative estimate of drug-likeness (QED) is 0.495. The van der Waals surface area contributed by atoms with Gasteiger partial charge in [0.25, 0.3) is 0 Å². The molecule has 5 nitrogen and oxygen atoms in total. The van der Waals surface area contributed by atoms with Gasteiger partial charge in [-0.1, -0.05) is 19.3 Å². The maximum absolute atomic E-state index is 13.6. The predicted octanol–water partition coefficient (Wildman–Crippen LogP) is 4.41. The van der Waals surface area contributed by atoms with Crippen molar-refractivity contribution in [3.05, 3.63) is 29.3 Å². The zero-order valence-corrected chi connectivity index (χ0v) is 18.0. The molecule has 31 heavy (non-hydrogen) atoms. The Morgan fingerprint density at radius 2 is 1.87 bits per heavy atom. The van der Waals surface area contributed by atoms with E-state index in [1.165, 1.54) is 37.5 Å². The zero-order valence-electron chi connectivity index (χ0n) is 17.2. The number of carbonyl (C=O) groups excluding carboxylic acids is 1. The van der Waals surface area contributed by atoms with Crippen LogP contribution in [-0.2, 0) is 15.5 Å². The molecule has 9 heteroatoms. The number of fused-ring (bicyclic) bond motifs is 1. The Morgan fingerprint density at radius 3 is 2.55 bits per heavy atom. The first-order valence-electron chi connectivity index (χ1n) is 11.1. The van der Waals surface area contributed by atoms with Gasteiger partial charge in [0.2, 0.25) is 0 Å². The Balaban J connectivity index is 1.54. The number of likely N-dealkylation sites (tertiary alicyclic amines) is 1. The first-order valence-corrected chi connectivity index (χ1v) is 12.5. The largest absolute Gasteiger partial charge is 0.534 e. The molecule has 0 radical (unpaired) electrons. The number of ketones is 1. The summed E-state index contributed by atoms with van der Waals surface area (Å²) >= 11 is 0. The molecule has 1 aliphatic heterocycles. The standard InChI is InChI=1S/C22H26F3NO4S/c23-22(24,25)31(28,29)30-15-7-8-16-18(12-15)21-9-2-1-6-17(21)19(20(16)27)26(11-10-21)13-14-4-3-5-14/h7-8,12,14,17,19H,1-6,9-11,13H2/t17-,19-,21+/m0/s1. The number of alkyl halides is 3. The molecule has 4 aliphatic rings. The molecular formula is C22H26F3NO4S. The van der Waals surface area contributed by atoms with Gasteiger partial charge in [-0.05, 0) is 74.2 Å². The van der Waals surface area contributed by atoms with Gasteiger partial charge >= 0.3 is 15.6 Å². The van der Waals surface area contributed by atoms with Gasteiger partial charge in [-0.15, -0.1) is 0 Å². The number of benzene rings is 1. The van der Waals surface area contributed by atoms with Gasteiger partial charge in [-0.25, -0.2) is 0 Å². The number of carbonyl (C=O) groups is 1. The van der Waals surface area contributed by atoms with Crippen LogP contribution in [0.2, 0.25) is 0 Å². The van der Waals surface area contributed by atoms with Crippen molar-refractivity contribution in [2.45, 2.75) is 68.3 Å². The SMILES string of the molecule is O=C1c2ccc(OS(=O)(=O)C(F)(F)F)cc2[C@@]23CCCC[C@H]2[C@@H]1N(CC1CCC1)CC3. The van der Waals surface area contributed by atoms with Gasteiger partial charge in [0.1, 0.15) is 5.75 Å². The van der Waals surface area contributed by atoms with Crippen molar-refractivity contribution in [1.29, 1.82) is 0 Å². The topological polar surface area (TPSA) is 63.7 Å². The molecule has 1 aromatic carbocycles. The third-order valence-corrected chi connectivity index (χ3v) is 8.96. The minimum atomic E-state index is -5.76. The van der Waals surface area contributed by atoms with E-state index in [1.807, 2.05) is 0 Å². The van der Waals surface area contributed by atoms with Crippen LogP contribution in [0.3, 0.4) is 0 Å². The van der Waals surface area contributed by atoms with E-state index >= 15 is 0 Å². The van der Waals surface area contributed by atoms with Crippen molar-refractivity contribution in [2.24, 2.45) is 11.8 Å². The monoisotopic (exact) mass is 457 g/mol. The molecule has 5 rings (SSSR count). The maximum atomic E-state index is 13.6. The van der Waals surface area contributed by atoms with Crippen LogP contribution >= 0.6 is 0 Å². The van der Waals surface area contributed by atoms with Crippen molar-refractivity contribution < 1.29 is 30.6 Å².